The van der Waals surface area contributed by atoms with E-state index < -0.39 is 27.9 Å². The predicted molar refractivity (Wildman–Crippen MR) is 71.9 cm³/mol. The van der Waals surface area contributed by atoms with Gasteiger partial charge in [0.25, 0.3) is 0 Å². The van der Waals surface area contributed by atoms with Gasteiger partial charge in [0.15, 0.2) is 0 Å². The fourth-order valence-corrected chi connectivity index (χ4v) is 3.91. The van der Waals surface area contributed by atoms with Gasteiger partial charge < -0.3 is 9.84 Å². The van der Waals surface area contributed by atoms with Gasteiger partial charge in [0.05, 0.1) is 24.0 Å². The third kappa shape index (κ3) is 3.58. The number of sulfonamides is 1. The molecule has 6 nitrogen and oxygen atoms in total. The second-order valence-electron chi connectivity index (χ2n) is 4.86. The number of benzene rings is 1. The average molecular weight is 317 g/mol. The van der Waals surface area contributed by atoms with E-state index in [0.29, 0.717) is 5.56 Å². The van der Waals surface area contributed by atoms with Crippen molar-refractivity contribution in [2.75, 3.05) is 19.7 Å². The van der Waals surface area contributed by atoms with Crippen molar-refractivity contribution in [2.24, 2.45) is 0 Å². The lowest BCUT2D eigenvalue weighted by molar-refractivity contribution is -0.141. The van der Waals surface area contributed by atoms with Crippen molar-refractivity contribution in [1.29, 1.82) is 0 Å². The maximum absolute atomic E-state index is 13.3. The Kier molecular flexibility index (Phi) is 4.60. The first-order chi connectivity index (χ1) is 9.80. The molecule has 1 aliphatic heterocycles. The summed E-state index contributed by atoms with van der Waals surface area (Å²) in [4.78, 5) is 10.6. The fraction of sp³-hybridized carbons (Fsp3) is 0.462. The van der Waals surface area contributed by atoms with E-state index in [1.54, 1.807) is 6.92 Å². The zero-order valence-electron chi connectivity index (χ0n) is 11.5. The zero-order valence-corrected chi connectivity index (χ0v) is 12.3. The molecule has 0 aromatic heterocycles. The van der Waals surface area contributed by atoms with Crippen LogP contribution in [-0.4, -0.2) is 49.6 Å². The quantitative estimate of drug-likeness (QED) is 0.895. The fourth-order valence-electron chi connectivity index (χ4n) is 2.22. The molecule has 2 rings (SSSR count). The molecule has 1 atom stereocenters. The molecule has 0 bridgehead atoms. The van der Waals surface area contributed by atoms with Crippen LogP contribution in [0.3, 0.4) is 0 Å². The van der Waals surface area contributed by atoms with Gasteiger partial charge in [-0.25, -0.2) is 12.8 Å². The number of morpholine rings is 1. The largest absolute Gasteiger partial charge is 0.481 e. The number of halogens is 1. The van der Waals surface area contributed by atoms with Gasteiger partial charge in [0.1, 0.15) is 5.82 Å². The molecule has 1 aromatic rings. The van der Waals surface area contributed by atoms with Gasteiger partial charge in [-0.2, -0.15) is 4.31 Å². The van der Waals surface area contributed by atoms with Crippen LogP contribution in [0.2, 0.25) is 0 Å². The van der Waals surface area contributed by atoms with Crippen LogP contribution in [-0.2, 0) is 19.6 Å². The summed E-state index contributed by atoms with van der Waals surface area (Å²) < 4.78 is 44.8. The average Bonchev–Trinajstić information content (AvgIpc) is 2.41. The van der Waals surface area contributed by atoms with E-state index in [9.17, 15) is 17.6 Å². The highest BCUT2D eigenvalue weighted by molar-refractivity contribution is 7.89. The van der Waals surface area contributed by atoms with E-state index in [2.05, 4.69) is 0 Å². The summed E-state index contributed by atoms with van der Waals surface area (Å²) in [6.07, 6.45) is -0.964. The first kappa shape index (κ1) is 15.9. The second-order valence-corrected chi connectivity index (χ2v) is 6.77. The molecule has 1 saturated heterocycles. The number of carboxylic acids is 1. The van der Waals surface area contributed by atoms with Crippen LogP contribution in [0.4, 0.5) is 4.39 Å². The molecule has 21 heavy (non-hydrogen) atoms. The Bertz CT molecular complexity index is 646. The minimum absolute atomic E-state index is 0.0510. The van der Waals surface area contributed by atoms with Crippen molar-refractivity contribution in [3.63, 3.8) is 0 Å². The second kappa shape index (κ2) is 6.08. The van der Waals surface area contributed by atoms with E-state index in [-0.39, 0.29) is 31.0 Å². The molecule has 0 spiro atoms. The molecule has 0 amide bonds. The minimum Gasteiger partial charge on any atom is -0.481 e. The number of nitrogens with zero attached hydrogens (tertiary/aromatic N) is 1. The summed E-state index contributed by atoms with van der Waals surface area (Å²) in [7, 11) is -3.86. The molecule has 0 radical (unpaired) electrons. The lowest BCUT2D eigenvalue weighted by Gasteiger charge is -2.31. The third-order valence-corrected chi connectivity index (χ3v) is 5.28. The highest BCUT2D eigenvalue weighted by Gasteiger charge is 2.32. The minimum atomic E-state index is -3.86. The smallest absolute Gasteiger partial charge is 0.306 e. The van der Waals surface area contributed by atoms with Gasteiger partial charge in [-0.05, 0) is 24.6 Å². The van der Waals surface area contributed by atoms with Crippen molar-refractivity contribution in [1.82, 2.24) is 4.31 Å². The topological polar surface area (TPSA) is 83.9 Å². The van der Waals surface area contributed by atoms with Crippen molar-refractivity contribution in [3.8, 4) is 0 Å². The molecule has 1 fully saturated rings. The standard InChI is InChI=1S/C13H16FNO5S/c1-9-2-3-10(14)6-12(9)21(18,19)15-4-5-20-11(8-15)7-13(16)17/h2-3,6,11H,4-5,7-8H2,1H3,(H,16,17). The molecular weight excluding hydrogens is 301 g/mol. The lowest BCUT2D eigenvalue weighted by Crippen LogP contribution is -2.46. The van der Waals surface area contributed by atoms with Crippen LogP contribution in [0.25, 0.3) is 0 Å². The highest BCUT2D eigenvalue weighted by atomic mass is 32.2. The van der Waals surface area contributed by atoms with Crippen LogP contribution < -0.4 is 0 Å². The third-order valence-electron chi connectivity index (χ3n) is 3.27. The van der Waals surface area contributed by atoms with Gasteiger partial charge in [-0.1, -0.05) is 6.07 Å². The van der Waals surface area contributed by atoms with E-state index in [1.807, 2.05) is 0 Å². The number of carbonyl (C=O) groups is 1. The van der Waals surface area contributed by atoms with Gasteiger partial charge in [0, 0.05) is 13.1 Å². The first-order valence-electron chi connectivity index (χ1n) is 6.40. The molecular formula is C13H16FNO5S. The van der Waals surface area contributed by atoms with Crippen molar-refractivity contribution in [2.45, 2.75) is 24.3 Å². The number of rotatable bonds is 4. The molecule has 1 aliphatic rings. The van der Waals surface area contributed by atoms with Crippen molar-refractivity contribution in [3.05, 3.63) is 29.6 Å². The van der Waals surface area contributed by atoms with E-state index >= 15 is 0 Å². The lowest BCUT2D eigenvalue weighted by atomic mass is 10.2. The Morgan fingerprint density at radius 1 is 1.52 bits per heavy atom. The Balaban J connectivity index is 2.26. The predicted octanol–water partition coefficient (Wildman–Crippen LogP) is 0.998. The SMILES string of the molecule is Cc1ccc(F)cc1S(=O)(=O)N1CCOC(CC(=O)O)C1. The van der Waals surface area contributed by atoms with Gasteiger partial charge in [0.2, 0.25) is 10.0 Å². The molecule has 1 unspecified atom stereocenters. The highest BCUT2D eigenvalue weighted by Crippen LogP contribution is 2.23. The van der Waals surface area contributed by atoms with Crippen molar-refractivity contribution >= 4 is 16.0 Å². The summed E-state index contributed by atoms with van der Waals surface area (Å²) in [5.41, 5.74) is 0.442. The maximum atomic E-state index is 13.3. The maximum Gasteiger partial charge on any atom is 0.306 e. The Hall–Kier alpha value is -1.51. The van der Waals surface area contributed by atoms with E-state index in [1.165, 1.54) is 12.1 Å². The summed E-state index contributed by atoms with van der Waals surface area (Å²) in [5.74, 6) is -1.68. The van der Waals surface area contributed by atoms with Crippen LogP contribution in [0.1, 0.15) is 12.0 Å². The number of ether oxygens (including phenoxy) is 1. The molecule has 0 aliphatic carbocycles. The summed E-state index contributed by atoms with van der Waals surface area (Å²) >= 11 is 0. The number of hydrogen-bond donors (Lipinski definition) is 1. The molecule has 8 heteroatoms. The van der Waals surface area contributed by atoms with E-state index in [0.717, 1.165) is 10.4 Å². The van der Waals surface area contributed by atoms with Crippen LogP contribution in [0.15, 0.2) is 23.1 Å². The Morgan fingerprint density at radius 2 is 2.24 bits per heavy atom. The molecule has 1 heterocycles. The van der Waals surface area contributed by atoms with Crippen LogP contribution >= 0.6 is 0 Å². The normalized spacial score (nSPS) is 20.4. The monoisotopic (exact) mass is 317 g/mol. The zero-order chi connectivity index (χ0) is 15.6. The summed E-state index contributed by atoms with van der Waals surface area (Å²) in [6.45, 7) is 1.77. The van der Waals surface area contributed by atoms with Gasteiger partial charge in [-0.15, -0.1) is 0 Å². The Labute approximate surface area is 122 Å². The van der Waals surface area contributed by atoms with Crippen LogP contribution in [0.5, 0.6) is 0 Å². The summed E-state index contributed by atoms with van der Waals surface area (Å²) in [5, 5.41) is 8.75. The number of aryl methyl sites for hydroxylation is 1. The van der Waals surface area contributed by atoms with Gasteiger partial charge in [-0.3, -0.25) is 4.79 Å². The Morgan fingerprint density at radius 3 is 2.90 bits per heavy atom. The molecule has 1 aromatic carbocycles. The van der Waals surface area contributed by atoms with Crippen LogP contribution in [0, 0.1) is 12.7 Å². The summed E-state index contributed by atoms with van der Waals surface area (Å²) in [6, 6.07) is 3.57. The number of aliphatic carboxylic acids is 1. The molecule has 0 saturated carbocycles. The van der Waals surface area contributed by atoms with Crippen molar-refractivity contribution < 1.29 is 27.4 Å². The molecule has 1 N–H and O–H groups in total. The van der Waals surface area contributed by atoms with Gasteiger partial charge >= 0.3 is 5.97 Å². The molecule has 116 valence electrons. The number of hydrogen-bond acceptors (Lipinski definition) is 4. The number of carboxylic acid groups (broad SMARTS) is 1. The first-order valence-corrected chi connectivity index (χ1v) is 7.84. The van der Waals surface area contributed by atoms with E-state index in [4.69, 9.17) is 9.84 Å².